The zero-order valence-corrected chi connectivity index (χ0v) is 18.6. The van der Waals surface area contributed by atoms with E-state index in [9.17, 15) is 19.8 Å². The van der Waals surface area contributed by atoms with E-state index < -0.39 is 23.5 Å². The van der Waals surface area contributed by atoms with Crippen molar-refractivity contribution in [1.82, 2.24) is 0 Å². The molecule has 6 heteroatoms. The Labute approximate surface area is 177 Å². The molecule has 0 aliphatic heterocycles. The van der Waals surface area contributed by atoms with Crippen LogP contribution >= 0.6 is 0 Å². The fourth-order valence-corrected chi connectivity index (χ4v) is 3.80. The van der Waals surface area contributed by atoms with Gasteiger partial charge >= 0.3 is 11.9 Å². The summed E-state index contributed by atoms with van der Waals surface area (Å²) in [5.74, 6) is -2.05. The highest BCUT2D eigenvalue weighted by molar-refractivity contribution is 5.92. The molecule has 0 radical (unpaired) electrons. The normalized spacial score (nSPS) is 12.6. The van der Waals surface area contributed by atoms with Crippen LogP contribution < -0.4 is 0 Å². The van der Waals surface area contributed by atoms with Gasteiger partial charge in [0.05, 0.1) is 11.1 Å². The molecule has 30 heavy (non-hydrogen) atoms. The first-order valence-electron chi connectivity index (χ1n) is 9.79. The summed E-state index contributed by atoms with van der Waals surface area (Å²) in [5.41, 5.74) is 4.10. The maximum atomic E-state index is 11.9. The van der Waals surface area contributed by atoms with E-state index >= 15 is 0 Å². The Morgan fingerprint density at radius 2 is 1.37 bits per heavy atom. The molecular formula is C24H30O6. The minimum absolute atomic E-state index is 0.0655. The molecule has 2 N–H and O–H groups in total. The molecule has 0 amide bonds. The average Bonchev–Trinajstić information content (AvgIpc) is 2.55. The highest BCUT2D eigenvalue weighted by atomic mass is 17.2. The van der Waals surface area contributed by atoms with Gasteiger partial charge in [0.2, 0.25) is 0 Å². The van der Waals surface area contributed by atoms with Crippen LogP contribution in [0.4, 0.5) is 0 Å². The number of hydrogen-bond acceptors (Lipinski definition) is 4. The van der Waals surface area contributed by atoms with Crippen molar-refractivity contribution in [3.8, 4) is 0 Å². The second-order valence-corrected chi connectivity index (χ2v) is 8.88. The maximum absolute atomic E-state index is 11.9. The van der Waals surface area contributed by atoms with Crippen LogP contribution in [0.1, 0.15) is 81.0 Å². The lowest BCUT2D eigenvalue weighted by Crippen LogP contribution is -2.24. The molecule has 0 aromatic heterocycles. The summed E-state index contributed by atoms with van der Waals surface area (Å²) < 4.78 is 0. The third-order valence-electron chi connectivity index (χ3n) is 4.95. The zero-order valence-electron chi connectivity index (χ0n) is 18.6. The van der Waals surface area contributed by atoms with Gasteiger partial charge in [0, 0.05) is 0 Å². The van der Waals surface area contributed by atoms with Crippen LogP contribution in [0, 0.1) is 33.1 Å². The fourth-order valence-electron chi connectivity index (χ4n) is 3.80. The number of carboxylic acids is 2. The summed E-state index contributed by atoms with van der Waals surface area (Å²) in [6.45, 7) is 13.0. The first kappa shape index (κ1) is 23.6. The molecule has 2 aromatic carbocycles. The molecule has 0 spiro atoms. The van der Waals surface area contributed by atoms with Crippen LogP contribution in [0.5, 0.6) is 0 Å². The molecule has 2 aromatic rings. The van der Waals surface area contributed by atoms with Crippen LogP contribution in [0.3, 0.4) is 0 Å². The minimum atomic E-state index is -1.03. The van der Waals surface area contributed by atoms with Gasteiger partial charge in [-0.15, -0.1) is 0 Å². The van der Waals surface area contributed by atoms with Crippen LogP contribution in [0.15, 0.2) is 24.3 Å². The molecule has 1 unspecified atom stereocenters. The number of aryl methyl sites for hydroxylation is 4. The van der Waals surface area contributed by atoms with Gasteiger partial charge in [0.25, 0.3) is 0 Å². The van der Waals surface area contributed by atoms with Gasteiger partial charge in [0.1, 0.15) is 12.7 Å². The van der Waals surface area contributed by atoms with E-state index in [1.54, 1.807) is 32.0 Å². The second-order valence-electron chi connectivity index (χ2n) is 8.88. The largest absolute Gasteiger partial charge is 0.478 e. The highest BCUT2D eigenvalue weighted by Gasteiger charge is 2.33. The molecule has 2 rings (SSSR count). The lowest BCUT2D eigenvalue weighted by atomic mass is 9.81. The Balaban J connectivity index is 2.39. The summed E-state index contributed by atoms with van der Waals surface area (Å²) in [5, 5.41) is 19.3. The van der Waals surface area contributed by atoms with E-state index in [0.717, 1.165) is 11.1 Å². The first-order chi connectivity index (χ1) is 13.8. The standard InChI is InChI=1S/C24H30O6/c1-13-8-15(3)19(22(25)26)17(10-13)12-29-30-21(24(5,6)7)18-11-14(2)9-16(4)20(18)23(27)28/h8-11,21H,12H2,1-7H3,(H,25,26)(H,27,28). The van der Waals surface area contributed by atoms with E-state index in [1.807, 2.05) is 40.7 Å². The van der Waals surface area contributed by atoms with Crippen molar-refractivity contribution in [3.63, 3.8) is 0 Å². The Kier molecular flexibility index (Phi) is 7.06. The quantitative estimate of drug-likeness (QED) is 0.456. The summed E-state index contributed by atoms with van der Waals surface area (Å²) in [4.78, 5) is 34.9. The van der Waals surface area contributed by atoms with E-state index in [0.29, 0.717) is 22.3 Å². The molecule has 1 atom stereocenters. The molecule has 0 fully saturated rings. The van der Waals surface area contributed by atoms with Crippen molar-refractivity contribution in [2.45, 2.75) is 61.2 Å². The van der Waals surface area contributed by atoms with Crippen molar-refractivity contribution < 1.29 is 29.6 Å². The molecule has 162 valence electrons. The second kappa shape index (κ2) is 8.98. The van der Waals surface area contributed by atoms with Crippen LogP contribution in [-0.4, -0.2) is 22.2 Å². The van der Waals surface area contributed by atoms with Gasteiger partial charge in [-0.05, 0) is 55.4 Å². The van der Waals surface area contributed by atoms with Crippen molar-refractivity contribution in [1.29, 1.82) is 0 Å². The third-order valence-corrected chi connectivity index (χ3v) is 4.95. The number of carboxylic acid groups (broad SMARTS) is 2. The van der Waals surface area contributed by atoms with E-state index in [1.165, 1.54) is 0 Å². The topological polar surface area (TPSA) is 93.1 Å². The van der Waals surface area contributed by atoms with Gasteiger partial charge < -0.3 is 10.2 Å². The van der Waals surface area contributed by atoms with Crippen LogP contribution in [0.2, 0.25) is 0 Å². The lowest BCUT2D eigenvalue weighted by Gasteiger charge is -2.31. The van der Waals surface area contributed by atoms with Gasteiger partial charge in [0.15, 0.2) is 0 Å². The van der Waals surface area contributed by atoms with Gasteiger partial charge in [-0.1, -0.05) is 56.2 Å². The maximum Gasteiger partial charge on any atom is 0.336 e. The minimum Gasteiger partial charge on any atom is -0.478 e. The number of benzene rings is 2. The van der Waals surface area contributed by atoms with Crippen molar-refractivity contribution in [3.05, 3.63) is 68.8 Å². The molecule has 0 saturated heterocycles. The van der Waals surface area contributed by atoms with E-state index in [-0.39, 0.29) is 17.7 Å². The number of hydrogen-bond donors (Lipinski definition) is 2. The molecule has 0 aliphatic carbocycles. The lowest BCUT2D eigenvalue weighted by molar-refractivity contribution is -0.352. The summed E-state index contributed by atoms with van der Waals surface area (Å²) in [7, 11) is 0. The summed E-state index contributed by atoms with van der Waals surface area (Å²) in [6, 6.07) is 7.18. The molecule has 0 heterocycles. The SMILES string of the molecule is Cc1cc(C)c(C(=O)O)c(COOC(c2cc(C)cc(C)c2C(=O)O)C(C)(C)C)c1. The van der Waals surface area contributed by atoms with Gasteiger partial charge in [-0.3, -0.25) is 0 Å². The highest BCUT2D eigenvalue weighted by Crippen LogP contribution is 2.39. The number of carbonyl (C=O) groups is 2. The molecule has 0 saturated carbocycles. The number of aromatic carboxylic acids is 2. The third kappa shape index (κ3) is 5.26. The van der Waals surface area contributed by atoms with Crippen molar-refractivity contribution in [2.75, 3.05) is 0 Å². The van der Waals surface area contributed by atoms with Gasteiger partial charge in [-0.2, -0.15) is 0 Å². The Bertz CT molecular complexity index is 969. The van der Waals surface area contributed by atoms with E-state index in [2.05, 4.69) is 0 Å². The summed E-state index contributed by atoms with van der Waals surface area (Å²) >= 11 is 0. The monoisotopic (exact) mass is 414 g/mol. The predicted molar refractivity (Wildman–Crippen MR) is 114 cm³/mol. The Morgan fingerprint density at radius 1 is 0.867 bits per heavy atom. The van der Waals surface area contributed by atoms with Crippen molar-refractivity contribution in [2.24, 2.45) is 5.41 Å². The molecule has 0 aliphatic rings. The van der Waals surface area contributed by atoms with Gasteiger partial charge in [-0.25, -0.2) is 19.4 Å². The molecular weight excluding hydrogens is 384 g/mol. The average molecular weight is 414 g/mol. The Hall–Kier alpha value is -2.70. The zero-order chi connectivity index (χ0) is 22.8. The number of rotatable bonds is 7. The fraction of sp³-hybridized carbons (Fsp3) is 0.417. The van der Waals surface area contributed by atoms with E-state index in [4.69, 9.17) is 9.78 Å². The molecule has 6 nitrogen and oxygen atoms in total. The predicted octanol–water partition coefficient (Wildman–Crippen LogP) is 5.55. The van der Waals surface area contributed by atoms with Crippen LogP contribution in [0.25, 0.3) is 0 Å². The molecule has 0 bridgehead atoms. The van der Waals surface area contributed by atoms with Crippen LogP contribution in [-0.2, 0) is 16.4 Å². The Morgan fingerprint density at radius 3 is 1.87 bits per heavy atom. The smallest absolute Gasteiger partial charge is 0.336 e. The van der Waals surface area contributed by atoms with Crippen molar-refractivity contribution >= 4 is 11.9 Å². The first-order valence-corrected chi connectivity index (χ1v) is 9.79. The summed E-state index contributed by atoms with van der Waals surface area (Å²) in [6.07, 6.45) is -0.665.